The summed E-state index contributed by atoms with van der Waals surface area (Å²) in [7, 11) is 0. The Hall–Kier alpha value is -1.49. The Bertz CT molecular complexity index is 633. The maximum atomic E-state index is 12.7. The number of aromatic nitrogens is 2. The van der Waals surface area contributed by atoms with Crippen LogP contribution >= 0.6 is 11.6 Å². The molecule has 0 saturated heterocycles. The van der Waals surface area contributed by atoms with Crippen LogP contribution in [0.5, 0.6) is 0 Å². The number of alkyl halides is 4. The number of nitrogens with zero attached hydrogens (tertiary/aromatic N) is 2. The number of hydrogen-bond acceptors (Lipinski definition) is 1. The minimum Gasteiger partial charge on any atom is -0.333 e. The zero-order chi connectivity index (χ0) is 15.8. The SMILES string of the molecule is [2H]C([2H])([2H])n1cc(C(F)(F)F)nc1-c1ccc(CCl)cc1. The van der Waals surface area contributed by atoms with E-state index in [4.69, 9.17) is 15.7 Å². The number of imidazole rings is 1. The molecule has 0 saturated carbocycles. The predicted octanol–water partition coefficient (Wildman–Crippen LogP) is 3.84. The first kappa shape index (κ1) is 9.44. The zero-order valence-corrected chi connectivity index (χ0v) is 9.76. The Kier molecular flexibility index (Phi) is 2.44. The van der Waals surface area contributed by atoms with Gasteiger partial charge in [-0.25, -0.2) is 4.98 Å². The van der Waals surface area contributed by atoms with Gasteiger partial charge < -0.3 is 4.57 Å². The van der Waals surface area contributed by atoms with Gasteiger partial charge in [-0.2, -0.15) is 13.2 Å². The summed E-state index contributed by atoms with van der Waals surface area (Å²) >= 11 is 5.63. The molecular formula is C12H10ClF3N2. The molecule has 0 aliphatic carbocycles. The molecule has 2 rings (SSSR count). The highest BCUT2D eigenvalue weighted by atomic mass is 35.5. The summed E-state index contributed by atoms with van der Waals surface area (Å²) in [5.74, 6) is -0.00892. The van der Waals surface area contributed by atoms with Crippen molar-refractivity contribution in [3.05, 3.63) is 41.7 Å². The van der Waals surface area contributed by atoms with Crippen LogP contribution < -0.4 is 0 Å². The monoisotopic (exact) mass is 277 g/mol. The van der Waals surface area contributed by atoms with Gasteiger partial charge in [0.15, 0.2) is 5.69 Å². The van der Waals surface area contributed by atoms with E-state index in [1.807, 2.05) is 0 Å². The van der Waals surface area contributed by atoms with Crippen molar-refractivity contribution >= 4 is 11.6 Å². The second-order valence-electron chi connectivity index (χ2n) is 3.65. The minimum atomic E-state index is -4.71. The van der Waals surface area contributed by atoms with E-state index in [0.717, 1.165) is 5.56 Å². The molecule has 0 unspecified atom stereocenters. The minimum absolute atomic E-state index is 0.252. The lowest BCUT2D eigenvalue weighted by atomic mass is 10.1. The predicted molar refractivity (Wildman–Crippen MR) is 63.2 cm³/mol. The number of benzene rings is 1. The molecule has 1 aromatic carbocycles. The molecule has 18 heavy (non-hydrogen) atoms. The van der Waals surface area contributed by atoms with E-state index in [2.05, 4.69) is 4.98 Å². The molecule has 0 radical (unpaired) electrons. The quantitative estimate of drug-likeness (QED) is 0.763. The van der Waals surface area contributed by atoms with Gasteiger partial charge in [0.25, 0.3) is 0 Å². The van der Waals surface area contributed by atoms with Crippen molar-refractivity contribution in [2.45, 2.75) is 12.1 Å². The fourth-order valence-electron chi connectivity index (χ4n) is 1.46. The largest absolute Gasteiger partial charge is 0.434 e. The van der Waals surface area contributed by atoms with Crippen LogP contribution in [0.1, 0.15) is 15.4 Å². The fourth-order valence-corrected chi connectivity index (χ4v) is 1.64. The summed E-state index contributed by atoms with van der Waals surface area (Å²) in [6.45, 7) is -2.75. The average molecular weight is 278 g/mol. The second kappa shape index (κ2) is 4.65. The molecule has 2 aromatic rings. The second-order valence-corrected chi connectivity index (χ2v) is 3.92. The summed E-state index contributed by atoms with van der Waals surface area (Å²) in [4.78, 5) is 3.42. The Morgan fingerprint density at radius 1 is 1.33 bits per heavy atom. The van der Waals surface area contributed by atoms with Gasteiger partial charge in [0.1, 0.15) is 5.82 Å². The Balaban J connectivity index is 2.57. The van der Waals surface area contributed by atoms with Gasteiger partial charge in [-0.1, -0.05) is 24.3 Å². The van der Waals surface area contributed by atoms with Crippen molar-refractivity contribution in [2.75, 3.05) is 0 Å². The first-order valence-corrected chi connectivity index (χ1v) is 5.48. The molecule has 96 valence electrons. The molecule has 0 fully saturated rings. The molecule has 0 bridgehead atoms. The molecule has 1 heterocycles. The molecular weight excluding hydrogens is 265 g/mol. The Morgan fingerprint density at radius 3 is 2.50 bits per heavy atom. The number of aryl methyl sites for hydroxylation is 1. The van der Waals surface area contributed by atoms with Gasteiger partial charge in [0, 0.05) is 28.7 Å². The lowest BCUT2D eigenvalue weighted by Gasteiger charge is -2.02. The standard InChI is InChI=1S/C12H10ClF3N2/c1-18-7-10(12(14,15)16)17-11(18)9-4-2-8(6-13)3-5-9/h2-5,7H,6H2,1H3/i1D3. The number of hydrogen-bond donors (Lipinski definition) is 0. The smallest absolute Gasteiger partial charge is 0.333 e. The number of rotatable bonds is 2. The van der Waals surface area contributed by atoms with E-state index in [9.17, 15) is 13.2 Å². The van der Waals surface area contributed by atoms with Crippen LogP contribution in [0.25, 0.3) is 11.4 Å². The summed E-state index contributed by atoms with van der Waals surface area (Å²) in [6, 6.07) is 6.19. The third-order valence-corrected chi connectivity index (χ3v) is 2.67. The van der Waals surface area contributed by atoms with Crippen molar-refractivity contribution in [1.29, 1.82) is 0 Å². The highest BCUT2D eigenvalue weighted by Crippen LogP contribution is 2.30. The van der Waals surface area contributed by atoms with E-state index < -0.39 is 18.8 Å². The maximum absolute atomic E-state index is 12.7. The van der Waals surface area contributed by atoms with Gasteiger partial charge in [0.2, 0.25) is 0 Å². The molecule has 0 amide bonds. The summed E-state index contributed by atoms with van der Waals surface area (Å²) in [6.07, 6.45) is -4.21. The van der Waals surface area contributed by atoms with E-state index in [0.29, 0.717) is 10.8 Å². The Labute approximate surface area is 111 Å². The van der Waals surface area contributed by atoms with Crippen LogP contribution in [0.3, 0.4) is 0 Å². The van der Waals surface area contributed by atoms with E-state index in [1.54, 1.807) is 12.1 Å². The molecule has 1 aromatic heterocycles. The first-order valence-electron chi connectivity index (χ1n) is 6.45. The van der Waals surface area contributed by atoms with Crippen molar-refractivity contribution in [2.24, 2.45) is 6.98 Å². The van der Waals surface area contributed by atoms with Crippen molar-refractivity contribution in [3.8, 4) is 11.4 Å². The zero-order valence-electron chi connectivity index (χ0n) is 12.0. The first-order chi connectivity index (χ1) is 9.63. The van der Waals surface area contributed by atoms with Gasteiger partial charge in [-0.15, -0.1) is 11.6 Å². The molecule has 0 N–H and O–H groups in total. The fraction of sp³-hybridized carbons (Fsp3) is 0.250. The lowest BCUT2D eigenvalue weighted by Crippen LogP contribution is -2.04. The van der Waals surface area contributed by atoms with Crippen LogP contribution in [0.15, 0.2) is 30.5 Å². The van der Waals surface area contributed by atoms with Crippen LogP contribution in [0.2, 0.25) is 0 Å². The highest BCUT2D eigenvalue weighted by Gasteiger charge is 2.34. The number of halogens is 4. The highest BCUT2D eigenvalue weighted by molar-refractivity contribution is 6.17. The van der Waals surface area contributed by atoms with Gasteiger partial charge in [-0.3, -0.25) is 0 Å². The van der Waals surface area contributed by atoms with Crippen LogP contribution in [-0.4, -0.2) is 9.55 Å². The topological polar surface area (TPSA) is 17.8 Å². The van der Waals surface area contributed by atoms with E-state index >= 15 is 0 Å². The van der Waals surface area contributed by atoms with Crippen molar-refractivity contribution < 1.29 is 17.3 Å². The molecule has 2 nitrogen and oxygen atoms in total. The third kappa shape index (κ3) is 2.51. The lowest BCUT2D eigenvalue weighted by molar-refractivity contribution is -0.140. The summed E-state index contributed by atoms with van der Waals surface area (Å²) in [5.41, 5.74) is -0.200. The normalized spacial score (nSPS) is 15.0. The van der Waals surface area contributed by atoms with E-state index in [1.165, 1.54) is 12.1 Å². The van der Waals surface area contributed by atoms with Gasteiger partial charge >= 0.3 is 6.18 Å². The molecule has 0 aliphatic rings. The summed E-state index contributed by atoms with van der Waals surface area (Å²) < 4.78 is 60.7. The van der Waals surface area contributed by atoms with Gasteiger partial charge in [-0.05, 0) is 5.56 Å². The molecule has 6 heteroatoms. The van der Waals surface area contributed by atoms with Crippen LogP contribution in [0.4, 0.5) is 13.2 Å². The van der Waals surface area contributed by atoms with Crippen LogP contribution in [0, 0.1) is 0 Å². The Morgan fingerprint density at radius 2 is 2.00 bits per heavy atom. The van der Waals surface area contributed by atoms with Crippen molar-refractivity contribution in [1.82, 2.24) is 9.55 Å². The third-order valence-electron chi connectivity index (χ3n) is 2.36. The van der Waals surface area contributed by atoms with Crippen LogP contribution in [-0.2, 0) is 19.0 Å². The maximum Gasteiger partial charge on any atom is 0.434 e. The average Bonchev–Trinajstić information content (AvgIpc) is 2.83. The van der Waals surface area contributed by atoms with Gasteiger partial charge in [0.05, 0.1) is 0 Å². The molecule has 0 atom stereocenters. The van der Waals surface area contributed by atoms with Crippen molar-refractivity contribution in [3.63, 3.8) is 0 Å². The molecule has 0 spiro atoms. The molecule has 0 aliphatic heterocycles. The summed E-state index contributed by atoms with van der Waals surface area (Å²) in [5, 5.41) is 0. The van der Waals surface area contributed by atoms with E-state index in [-0.39, 0.29) is 17.3 Å².